The number of nitro groups is 1. The number of nitrogens with zero attached hydrogens (tertiary/aromatic N) is 2. The van der Waals surface area contributed by atoms with Gasteiger partial charge in [0.25, 0.3) is 5.69 Å². The molecule has 1 N–H and O–H groups in total. The van der Waals surface area contributed by atoms with Crippen molar-refractivity contribution in [3.63, 3.8) is 0 Å². The molecule has 0 unspecified atom stereocenters. The van der Waals surface area contributed by atoms with Crippen molar-refractivity contribution in [2.24, 2.45) is 11.3 Å². The fraction of sp³-hybridized carbons (Fsp3) is 0.500. The molecule has 9 heteroatoms. The van der Waals surface area contributed by atoms with Crippen molar-refractivity contribution in [2.75, 3.05) is 13.1 Å². The number of benzene rings is 1. The summed E-state index contributed by atoms with van der Waals surface area (Å²) in [5, 5.41) is 20.2. The van der Waals surface area contributed by atoms with Crippen LogP contribution in [0.15, 0.2) is 29.2 Å². The van der Waals surface area contributed by atoms with Crippen molar-refractivity contribution >= 4 is 21.7 Å². The number of hydrogen-bond donors (Lipinski definition) is 1. The molecule has 0 radical (unpaired) electrons. The van der Waals surface area contributed by atoms with E-state index in [-0.39, 0.29) is 29.6 Å². The molecule has 1 aromatic rings. The molecule has 1 heterocycles. The summed E-state index contributed by atoms with van der Waals surface area (Å²) in [6, 6.07) is 4.65. The highest BCUT2D eigenvalue weighted by Crippen LogP contribution is 2.50. The fourth-order valence-corrected chi connectivity index (χ4v) is 5.22. The zero-order valence-electron chi connectivity index (χ0n) is 12.2. The van der Waals surface area contributed by atoms with Crippen molar-refractivity contribution in [1.82, 2.24) is 4.31 Å². The number of fused-ring (bicyclic) bond motifs is 1. The number of hydrogen-bond acceptors (Lipinski definition) is 5. The smallest absolute Gasteiger partial charge is 0.311 e. The quantitative estimate of drug-likeness (QED) is 0.655. The van der Waals surface area contributed by atoms with Gasteiger partial charge in [-0.2, -0.15) is 4.31 Å². The van der Waals surface area contributed by atoms with E-state index in [1.54, 1.807) is 0 Å². The summed E-state index contributed by atoms with van der Waals surface area (Å²) >= 11 is 0. The molecule has 1 aliphatic heterocycles. The third-order valence-electron chi connectivity index (χ3n) is 4.95. The maximum Gasteiger partial charge on any atom is 0.311 e. The maximum absolute atomic E-state index is 12.7. The molecule has 0 bridgehead atoms. The van der Waals surface area contributed by atoms with Gasteiger partial charge >= 0.3 is 5.97 Å². The van der Waals surface area contributed by atoms with Crippen molar-refractivity contribution in [1.29, 1.82) is 0 Å². The topological polar surface area (TPSA) is 118 Å². The van der Waals surface area contributed by atoms with Gasteiger partial charge in [0.15, 0.2) is 0 Å². The highest BCUT2D eigenvalue weighted by atomic mass is 32.2. The summed E-state index contributed by atoms with van der Waals surface area (Å²) in [7, 11) is -3.85. The van der Waals surface area contributed by atoms with E-state index in [9.17, 15) is 28.4 Å². The second kappa shape index (κ2) is 5.27. The Bertz CT molecular complexity index is 760. The highest BCUT2D eigenvalue weighted by Gasteiger charge is 2.57. The number of sulfonamides is 1. The minimum absolute atomic E-state index is 0.0354. The first-order valence-electron chi connectivity index (χ1n) is 7.25. The summed E-state index contributed by atoms with van der Waals surface area (Å²) in [4.78, 5) is 21.6. The number of nitro benzene ring substituents is 1. The van der Waals surface area contributed by atoms with E-state index >= 15 is 0 Å². The summed E-state index contributed by atoms with van der Waals surface area (Å²) in [5.41, 5.74) is -1.18. The van der Waals surface area contributed by atoms with E-state index < -0.39 is 26.3 Å². The maximum atomic E-state index is 12.7. The van der Waals surface area contributed by atoms with Crippen molar-refractivity contribution in [2.45, 2.75) is 24.2 Å². The monoisotopic (exact) mass is 340 g/mol. The van der Waals surface area contributed by atoms with Crippen LogP contribution < -0.4 is 0 Å². The van der Waals surface area contributed by atoms with Crippen LogP contribution in [0.1, 0.15) is 19.3 Å². The lowest BCUT2D eigenvalue weighted by molar-refractivity contribution is -0.384. The highest BCUT2D eigenvalue weighted by molar-refractivity contribution is 7.89. The lowest BCUT2D eigenvalue weighted by Gasteiger charge is -2.23. The molecule has 2 aliphatic rings. The SMILES string of the molecule is O=C(O)[C@@]12CCC[C@H]1CN(S(=O)(=O)c1ccc([N+](=O)[O-])cc1)C2. The minimum atomic E-state index is -3.85. The molecule has 2 atom stereocenters. The molecular formula is C14H16N2O6S. The van der Waals surface area contributed by atoms with Gasteiger partial charge in [-0.1, -0.05) is 6.42 Å². The first-order chi connectivity index (χ1) is 10.8. The Labute approximate surface area is 132 Å². The van der Waals surface area contributed by atoms with Crippen LogP contribution in [0.5, 0.6) is 0 Å². The van der Waals surface area contributed by atoms with E-state index in [1.165, 1.54) is 16.4 Å². The molecule has 1 saturated heterocycles. The van der Waals surface area contributed by atoms with Gasteiger partial charge in [0.05, 0.1) is 15.2 Å². The normalized spacial score (nSPS) is 27.7. The van der Waals surface area contributed by atoms with Gasteiger partial charge in [-0.15, -0.1) is 0 Å². The molecule has 1 aliphatic carbocycles. The van der Waals surface area contributed by atoms with E-state index in [0.29, 0.717) is 12.8 Å². The summed E-state index contributed by atoms with van der Waals surface area (Å²) in [6.07, 6.45) is 1.99. The standard InChI is InChI=1S/C14H16N2O6S/c17-13(18)14-7-1-2-10(14)8-15(9-14)23(21,22)12-5-3-11(4-6-12)16(19)20/h3-6,10H,1-2,7-9H2,(H,17,18)/t10-,14+/m0/s1. The second-order valence-electron chi connectivity index (χ2n) is 6.10. The van der Waals surface area contributed by atoms with Crippen LogP contribution in [0.3, 0.4) is 0 Å². The lowest BCUT2D eigenvalue weighted by atomic mass is 9.81. The number of carboxylic acid groups (broad SMARTS) is 1. The van der Waals surface area contributed by atoms with Crippen molar-refractivity contribution in [3.05, 3.63) is 34.4 Å². The average Bonchev–Trinajstić information content (AvgIpc) is 3.05. The average molecular weight is 340 g/mol. The molecule has 1 saturated carbocycles. The zero-order valence-corrected chi connectivity index (χ0v) is 13.0. The van der Waals surface area contributed by atoms with Crippen molar-refractivity contribution in [3.8, 4) is 0 Å². The molecule has 3 rings (SSSR count). The van der Waals surface area contributed by atoms with Crippen LogP contribution in [0.2, 0.25) is 0 Å². The van der Waals surface area contributed by atoms with Crippen LogP contribution in [0.4, 0.5) is 5.69 Å². The molecule has 0 aromatic heterocycles. The van der Waals surface area contributed by atoms with Crippen molar-refractivity contribution < 1.29 is 23.2 Å². The van der Waals surface area contributed by atoms with Gasteiger partial charge in [0.1, 0.15) is 0 Å². The number of aliphatic carboxylic acids is 1. The molecule has 23 heavy (non-hydrogen) atoms. The summed E-state index contributed by atoms with van der Waals surface area (Å²) in [6.45, 7) is 0.151. The van der Waals surface area contributed by atoms with Crippen LogP contribution in [0.25, 0.3) is 0 Å². The van der Waals surface area contributed by atoms with Gasteiger partial charge in [0, 0.05) is 25.2 Å². The van der Waals surface area contributed by atoms with Gasteiger partial charge in [0.2, 0.25) is 10.0 Å². The molecule has 1 aromatic carbocycles. The van der Waals surface area contributed by atoms with E-state index in [0.717, 1.165) is 18.6 Å². The molecule has 2 fully saturated rings. The van der Waals surface area contributed by atoms with Crippen LogP contribution >= 0.6 is 0 Å². The molecule has 0 spiro atoms. The largest absolute Gasteiger partial charge is 0.481 e. The van der Waals surface area contributed by atoms with Gasteiger partial charge < -0.3 is 5.11 Å². The number of carboxylic acids is 1. The van der Waals surface area contributed by atoms with Gasteiger partial charge in [-0.25, -0.2) is 8.42 Å². The molecule has 0 amide bonds. The van der Waals surface area contributed by atoms with E-state index in [1.807, 2.05) is 0 Å². The first-order valence-corrected chi connectivity index (χ1v) is 8.69. The number of non-ortho nitro benzene ring substituents is 1. The number of rotatable bonds is 4. The Morgan fingerprint density at radius 3 is 2.52 bits per heavy atom. The van der Waals surface area contributed by atoms with Crippen LogP contribution in [0, 0.1) is 21.4 Å². The summed E-state index contributed by atoms with van der Waals surface area (Å²) in [5.74, 6) is -1.12. The summed E-state index contributed by atoms with van der Waals surface area (Å²) < 4.78 is 26.5. The minimum Gasteiger partial charge on any atom is -0.481 e. The van der Waals surface area contributed by atoms with E-state index in [4.69, 9.17) is 0 Å². The predicted octanol–water partition coefficient (Wildman–Crippen LogP) is 1.47. The Hall–Kier alpha value is -2.00. The number of carbonyl (C=O) groups is 1. The molecule has 8 nitrogen and oxygen atoms in total. The van der Waals surface area contributed by atoms with Crippen LogP contribution in [-0.4, -0.2) is 41.8 Å². The third-order valence-corrected chi connectivity index (χ3v) is 6.78. The third kappa shape index (κ3) is 2.40. The Balaban J connectivity index is 1.89. The first kappa shape index (κ1) is 15.9. The van der Waals surface area contributed by atoms with Gasteiger partial charge in [-0.05, 0) is 30.9 Å². The molecular weight excluding hydrogens is 324 g/mol. The van der Waals surface area contributed by atoms with E-state index in [2.05, 4.69) is 0 Å². The zero-order chi connectivity index (χ0) is 16.8. The Kier molecular flexibility index (Phi) is 3.64. The lowest BCUT2D eigenvalue weighted by Crippen LogP contribution is -2.37. The molecule has 124 valence electrons. The van der Waals surface area contributed by atoms with Gasteiger partial charge in [-0.3, -0.25) is 14.9 Å². The Morgan fingerprint density at radius 2 is 2.00 bits per heavy atom. The fourth-order valence-electron chi connectivity index (χ4n) is 3.66. The van der Waals surface area contributed by atoms with Crippen LogP contribution in [-0.2, 0) is 14.8 Å². The second-order valence-corrected chi connectivity index (χ2v) is 8.04. The Morgan fingerprint density at radius 1 is 1.35 bits per heavy atom. The predicted molar refractivity (Wildman–Crippen MR) is 79.3 cm³/mol.